The van der Waals surface area contributed by atoms with Crippen LogP contribution in [0.3, 0.4) is 0 Å². The summed E-state index contributed by atoms with van der Waals surface area (Å²) < 4.78 is 5.65. The summed E-state index contributed by atoms with van der Waals surface area (Å²) in [6, 6.07) is 7.70. The Morgan fingerprint density at radius 2 is 1.93 bits per heavy atom. The number of ether oxygens (including phenoxy) is 1. The van der Waals surface area contributed by atoms with E-state index in [1.807, 2.05) is 38.1 Å². The van der Waals surface area contributed by atoms with Gasteiger partial charge in [0.2, 0.25) is 0 Å². The summed E-state index contributed by atoms with van der Waals surface area (Å²) in [5, 5.41) is 9.93. The monoisotopic (exact) mass is 208 g/mol. The molecular weight excluding hydrogens is 188 g/mol. The van der Waals surface area contributed by atoms with Gasteiger partial charge < -0.3 is 9.84 Å². The topological polar surface area (TPSA) is 29.5 Å². The lowest BCUT2D eigenvalue weighted by Crippen LogP contribution is -2.09. The van der Waals surface area contributed by atoms with Crippen molar-refractivity contribution in [1.82, 2.24) is 0 Å². The molecule has 0 aliphatic carbocycles. The molecule has 2 nitrogen and oxygen atoms in total. The van der Waals surface area contributed by atoms with Crippen molar-refractivity contribution in [2.75, 3.05) is 0 Å². The largest absolute Gasteiger partial charge is 0.491 e. The van der Waals surface area contributed by atoms with Gasteiger partial charge in [-0.1, -0.05) is 31.5 Å². The van der Waals surface area contributed by atoms with Crippen LogP contribution in [0.25, 0.3) is 0 Å². The van der Waals surface area contributed by atoms with Crippen molar-refractivity contribution >= 4 is 0 Å². The highest BCUT2D eigenvalue weighted by Crippen LogP contribution is 2.28. The lowest BCUT2D eigenvalue weighted by Gasteiger charge is -2.17. The molecule has 0 radical (unpaired) electrons. The molecule has 0 spiro atoms. The van der Waals surface area contributed by atoms with Gasteiger partial charge in [0.1, 0.15) is 5.75 Å². The Morgan fingerprint density at radius 1 is 1.27 bits per heavy atom. The van der Waals surface area contributed by atoms with Crippen LogP contribution in [0, 0.1) is 0 Å². The van der Waals surface area contributed by atoms with E-state index >= 15 is 0 Å². The Hall–Kier alpha value is -1.02. The second kappa shape index (κ2) is 5.76. The lowest BCUT2D eigenvalue weighted by molar-refractivity contribution is 0.155. The number of aliphatic hydroxyl groups is 1. The third-order valence-electron chi connectivity index (χ3n) is 2.20. The van der Waals surface area contributed by atoms with E-state index in [1.54, 1.807) is 0 Å². The van der Waals surface area contributed by atoms with Gasteiger partial charge in [-0.2, -0.15) is 0 Å². The first-order valence-corrected chi connectivity index (χ1v) is 5.58. The van der Waals surface area contributed by atoms with Gasteiger partial charge in [0.05, 0.1) is 12.2 Å². The van der Waals surface area contributed by atoms with Gasteiger partial charge in [0.25, 0.3) is 0 Å². The molecule has 1 aromatic carbocycles. The van der Waals surface area contributed by atoms with E-state index in [0.717, 1.165) is 24.2 Å². The van der Waals surface area contributed by atoms with Crippen LogP contribution in [0.15, 0.2) is 24.3 Å². The van der Waals surface area contributed by atoms with E-state index < -0.39 is 6.10 Å². The Balaban J connectivity index is 2.85. The highest BCUT2D eigenvalue weighted by Gasteiger charge is 2.12. The van der Waals surface area contributed by atoms with E-state index in [1.165, 1.54) is 0 Å². The second-order valence-electron chi connectivity index (χ2n) is 4.01. The maximum Gasteiger partial charge on any atom is 0.125 e. The van der Waals surface area contributed by atoms with E-state index in [2.05, 4.69) is 6.92 Å². The number of aliphatic hydroxyl groups excluding tert-OH is 1. The molecule has 0 bridgehead atoms. The maximum absolute atomic E-state index is 9.93. The molecule has 84 valence electrons. The number of para-hydroxylation sites is 1. The molecule has 15 heavy (non-hydrogen) atoms. The van der Waals surface area contributed by atoms with Crippen LogP contribution in [0.1, 0.15) is 45.3 Å². The Bertz CT molecular complexity index is 294. The molecule has 1 rings (SSSR count). The molecule has 1 N–H and O–H groups in total. The summed E-state index contributed by atoms with van der Waals surface area (Å²) in [5.41, 5.74) is 0.896. The Morgan fingerprint density at radius 3 is 2.53 bits per heavy atom. The van der Waals surface area contributed by atoms with Crippen molar-refractivity contribution in [2.45, 2.75) is 45.8 Å². The van der Waals surface area contributed by atoms with Crippen LogP contribution in [0.2, 0.25) is 0 Å². The summed E-state index contributed by atoms with van der Waals surface area (Å²) in [6.07, 6.45) is 1.47. The normalized spacial score (nSPS) is 12.9. The number of hydrogen-bond donors (Lipinski definition) is 1. The molecule has 1 unspecified atom stereocenters. The SMILES string of the molecule is CCCC(O)c1ccccc1OC(C)C. The molecule has 0 aromatic heterocycles. The maximum atomic E-state index is 9.93. The van der Waals surface area contributed by atoms with Crippen molar-refractivity contribution in [3.05, 3.63) is 29.8 Å². The minimum Gasteiger partial charge on any atom is -0.491 e. The summed E-state index contributed by atoms with van der Waals surface area (Å²) >= 11 is 0. The molecule has 0 aliphatic heterocycles. The van der Waals surface area contributed by atoms with Gasteiger partial charge in [0, 0.05) is 5.56 Å². The van der Waals surface area contributed by atoms with Gasteiger partial charge in [-0.3, -0.25) is 0 Å². The lowest BCUT2D eigenvalue weighted by atomic mass is 10.0. The fourth-order valence-corrected chi connectivity index (χ4v) is 1.55. The van der Waals surface area contributed by atoms with Crippen LogP contribution in [-0.4, -0.2) is 11.2 Å². The smallest absolute Gasteiger partial charge is 0.125 e. The fraction of sp³-hybridized carbons (Fsp3) is 0.538. The summed E-state index contributed by atoms with van der Waals surface area (Å²) in [5.74, 6) is 0.799. The van der Waals surface area contributed by atoms with E-state index in [0.29, 0.717) is 0 Å². The Kier molecular flexibility index (Phi) is 4.63. The number of benzene rings is 1. The van der Waals surface area contributed by atoms with Crippen molar-refractivity contribution in [2.24, 2.45) is 0 Å². The van der Waals surface area contributed by atoms with Gasteiger partial charge in [-0.25, -0.2) is 0 Å². The molecule has 0 amide bonds. The molecule has 0 heterocycles. The first-order valence-electron chi connectivity index (χ1n) is 5.58. The quantitative estimate of drug-likeness (QED) is 0.804. The minimum atomic E-state index is -0.412. The summed E-state index contributed by atoms with van der Waals surface area (Å²) in [4.78, 5) is 0. The first kappa shape index (κ1) is 12.1. The molecule has 2 heteroatoms. The van der Waals surface area contributed by atoms with Crippen LogP contribution in [0.4, 0.5) is 0 Å². The number of hydrogen-bond acceptors (Lipinski definition) is 2. The zero-order valence-electron chi connectivity index (χ0n) is 9.73. The third kappa shape index (κ3) is 3.56. The van der Waals surface area contributed by atoms with Gasteiger partial charge >= 0.3 is 0 Å². The molecule has 0 saturated carbocycles. The summed E-state index contributed by atoms with van der Waals surface area (Å²) in [6.45, 7) is 6.04. The van der Waals surface area contributed by atoms with Crippen molar-refractivity contribution < 1.29 is 9.84 Å². The molecule has 0 aliphatic rings. The van der Waals surface area contributed by atoms with Gasteiger partial charge in [0.15, 0.2) is 0 Å². The third-order valence-corrected chi connectivity index (χ3v) is 2.20. The van der Waals surface area contributed by atoms with Crippen molar-refractivity contribution in [1.29, 1.82) is 0 Å². The van der Waals surface area contributed by atoms with Crippen molar-refractivity contribution in [3.63, 3.8) is 0 Å². The minimum absolute atomic E-state index is 0.139. The van der Waals surface area contributed by atoms with Crippen molar-refractivity contribution in [3.8, 4) is 5.75 Å². The summed E-state index contributed by atoms with van der Waals surface area (Å²) in [7, 11) is 0. The highest BCUT2D eigenvalue weighted by atomic mass is 16.5. The fourth-order valence-electron chi connectivity index (χ4n) is 1.55. The zero-order valence-corrected chi connectivity index (χ0v) is 9.73. The molecule has 1 atom stereocenters. The van der Waals surface area contributed by atoms with Crippen LogP contribution < -0.4 is 4.74 Å². The number of rotatable bonds is 5. The first-order chi connectivity index (χ1) is 7.15. The second-order valence-corrected chi connectivity index (χ2v) is 4.01. The zero-order chi connectivity index (χ0) is 11.3. The average Bonchev–Trinajstić information content (AvgIpc) is 2.18. The van der Waals surface area contributed by atoms with Crippen LogP contribution in [-0.2, 0) is 0 Å². The Labute approximate surface area is 91.9 Å². The van der Waals surface area contributed by atoms with E-state index in [9.17, 15) is 5.11 Å². The molecule has 1 aromatic rings. The standard InChI is InChI=1S/C13H20O2/c1-4-7-12(14)11-8-5-6-9-13(11)15-10(2)3/h5-6,8-10,12,14H,4,7H2,1-3H3. The highest BCUT2D eigenvalue weighted by molar-refractivity contribution is 5.35. The molecule has 0 saturated heterocycles. The average molecular weight is 208 g/mol. The predicted octanol–water partition coefficient (Wildman–Crippen LogP) is 3.31. The van der Waals surface area contributed by atoms with Crippen LogP contribution >= 0.6 is 0 Å². The van der Waals surface area contributed by atoms with E-state index in [-0.39, 0.29) is 6.10 Å². The van der Waals surface area contributed by atoms with E-state index in [4.69, 9.17) is 4.74 Å². The molecular formula is C13H20O2. The molecule has 0 fully saturated rings. The van der Waals surface area contributed by atoms with Gasteiger partial charge in [-0.05, 0) is 26.3 Å². The van der Waals surface area contributed by atoms with Crippen LogP contribution in [0.5, 0.6) is 5.75 Å². The van der Waals surface area contributed by atoms with Gasteiger partial charge in [-0.15, -0.1) is 0 Å². The predicted molar refractivity (Wildman–Crippen MR) is 62.1 cm³/mol.